The van der Waals surface area contributed by atoms with Crippen molar-refractivity contribution < 1.29 is 19.1 Å². The van der Waals surface area contributed by atoms with Crippen molar-refractivity contribution in [3.8, 4) is 0 Å². The van der Waals surface area contributed by atoms with E-state index in [1.807, 2.05) is 23.1 Å². The normalized spacial score (nSPS) is 22.4. The minimum Gasteiger partial charge on any atom is -0.381 e. The lowest BCUT2D eigenvalue weighted by Gasteiger charge is -2.30. The number of aromatic nitrogens is 3. The van der Waals surface area contributed by atoms with Crippen LogP contribution in [-0.4, -0.2) is 82.3 Å². The molecule has 9 nitrogen and oxygen atoms in total. The maximum atomic E-state index is 13.3. The summed E-state index contributed by atoms with van der Waals surface area (Å²) in [5, 5.41) is 7.23. The molecular formula is C24H31N5O4. The van der Waals surface area contributed by atoms with Gasteiger partial charge in [-0.15, -0.1) is 0 Å². The number of carbonyl (C=O) groups is 2. The fraction of sp³-hybridized carbons (Fsp3) is 0.583. The summed E-state index contributed by atoms with van der Waals surface area (Å²) >= 11 is 0. The lowest BCUT2D eigenvalue weighted by atomic mass is 9.99. The molecule has 2 aromatic heterocycles. The molecule has 1 atom stereocenters. The van der Waals surface area contributed by atoms with Crippen LogP contribution in [0.5, 0.6) is 0 Å². The Morgan fingerprint density at radius 1 is 1.21 bits per heavy atom. The van der Waals surface area contributed by atoms with Crippen molar-refractivity contribution in [2.75, 3.05) is 39.4 Å². The van der Waals surface area contributed by atoms with Crippen molar-refractivity contribution >= 4 is 11.8 Å². The number of aromatic amines is 1. The fourth-order valence-electron chi connectivity index (χ4n) is 4.57. The maximum absolute atomic E-state index is 13.3. The minimum atomic E-state index is -0.290. The summed E-state index contributed by atoms with van der Waals surface area (Å²) in [5.41, 5.74) is 2.34. The highest BCUT2D eigenvalue weighted by atomic mass is 16.5. The number of nitrogens with zero attached hydrogens (tertiary/aromatic N) is 4. The van der Waals surface area contributed by atoms with Gasteiger partial charge in [-0.2, -0.15) is 5.10 Å². The van der Waals surface area contributed by atoms with Crippen LogP contribution in [0.1, 0.15) is 53.3 Å². The van der Waals surface area contributed by atoms with Crippen molar-refractivity contribution in [1.82, 2.24) is 25.0 Å². The number of nitrogens with one attached hydrogen (secondary N) is 1. The monoisotopic (exact) mass is 453 g/mol. The van der Waals surface area contributed by atoms with Crippen LogP contribution in [0.15, 0.2) is 30.6 Å². The predicted molar refractivity (Wildman–Crippen MR) is 119 cm³/mol. The number of hydrogen-bond acceptors (Lipinski definition) is 6. The molecule has 176 valence electrons. The van der Waals surface area contributed by atoms with Gasteiger partial charge in [-0.3, -0.25) is 19.7 Å². The summed E-state index contributed by atoms with van der Waals surface area (Å²) in [6, 6.07) is 5.67. The van der Waals surface area contributed by atoms with Gasteiger partial charge in [-0.25, -0.2) is 0 Å². The second kappa shape index (κ2) is 10.0. The molecule has 2 amide bonds. The van der Waals surface area contributed by atoms with Crippen LogP contribution in [0.25, 0.3) is 0 Å². The summed E-state index contributed by atoms with van der Waals surface area (Å²) in [4.78, 5) is 34.1. The molecule has 3 aliphatic rings. The second-order valence-corrected chi connectivity index (χ2v) is 9.32. The van der Waals surface area contributed by atoms with Crippen molar-refractivity contribution in [1.29, 1.82) is 0 Å². The number of ether oxygens (including phenoxy) is 2. The van der Waals surface area contributed by atoms with Crippen molar-refractivity contribution in [3.05, 3.63) is 47.5 Å². The predicted octanol–water partition coefficient (Wildman–Crippen LogP) is 1.98. The van der Waals surface area contributed by atoms with E-state index in [9.17, 15) is 9.59 Å². The molecule has 1 aliphatic carbocycles. The lowest BCUT2D eigenvalue weighted by Crippen LogP contribution is -2.42. The van der Waals surface area contributed by atoms with E-state index in [2.05, 4.69) is 15.2 Å². The molecule has 9 heteroatoms. The molecule has 4 heterocycles. The molecule has 3 fully saturated rings. The first-order valence-corrected chi connectivity index (χ1v) is 11.9. The van der Waals surface area contributed by atoms with Crippen LogP contribution >= 0.6 is 0 Å². The third kappa shape index (κ3) is 5.59. The van der Waals surface area contributed by atoms with E-state index in [1.165, 1.54) is 0 Å². The van der Waals surface area contributed by atoms with Gasteiger partial charge in [-0.05, 0) is 49.3 Å². The first kappa shape index (κ1) is 22.0. The summed E-state index contributed by atoms with van der Waals surface area (Å²) in [7, 11) is 0. The van der Waals surface area contributed by atoms with E-state index < -0.39 is 0 Å². The number of H-pyrrole nitrogens is 1. The summed E-state index contributed by atoms with van der Waals surface area (Å²) in [6.07, 6.45) is 7.36. The highest BCUT2D eigenvalue weighted by molar-refractivity contribution is 5.95. The Morgan fingerprint density at radius 3 is 2.82 bits per heavy atom. The van der Waals surface area contributed by atoms with Crippen LogP contribution in [-0.2, 0) is 20.9 Å². The summed E-state index contributed by atoms with van der Waals surface area (Å²) in [5.74, 6) is 0.626. The summed E-state index contributed by atoms with van der Waals surface area (Å²) < 4.78 is 11.7. The van der Waals surface area contributed by atoms with Gasteiger partial charge in [0, 0.05) is 56.9 Å². The first-order valence-electron chi connectivity index (χ1n) is 11.9. The van der Waals surface area contributed by atoms with Crippen molar-refractivity contribution in [3.63, 3.8) is 0 Å². The second-order valence-electron chi connectivity index (χ2n) is 9.32. The van der Waals surface area contributed by atoms with E-state index in [1.54, 1.807) is 17.3 Å². The molecule has 0 aromatic carbocycles. The largest absolute Gasteiger partial charge is 0.381 e. The fourth-order valence-corrected chi connectivity index (χ4v) is 4.57. The molecule has 0 spiro atoms. The average Bonchev–Trinajstić information content (AvgIpc) is 3.60. The van der Waals surface area contributed by atoms with Crippen LogP contribution < -0.4 is 0 Å². The highest BCUT2D eigenvalue weighted by Crippen LogP contribution is 2.39. The van der Waals surface area contributed by atoms with Crippen molar-refractivity contribution in [2.45, 2.75) is 44.3 Å². The molecule has 1 N–H and O–H groups in total. The molecule has 0 radical (unpaired) electrons. The number of amides is 2. The number of hydrogen-bond donors (Lipinski definition) is 1. The smallest absolute Gasteiger partial charge is 0.274 e. The van der Waals surface area contributed by atoms with Gasteiger partial charge < -0.3 is 19.3 Å². The van der Waals surface area contributed by atoms with Gasteiger partial charge in [0.05, 0.1) is 12.7 Å². The topological polar surface area (TPSA) is 101 Å². The van der Waals surface area contributed by atoms with Gasteiger partial charge in [0.2, 0.25) is 5.91 Å². The van der Waals surface area contributed by atoms with Crippen LogP contribution in [0.4, 0.5) is 0 Å². The Labute approximate surface area is 193 Å². The zero-order valence-corrected chi connectivity index (χ0v) is 18.8. The highest BCUT2D eigenvalue weighted by Gasteiger charge is 2.34. The molecule has 5 rings (SSSR count). The van der Waals surface area contributed by atoms with Gasteiger partial charge in [0.1, 0.15) is 12.2 Å². The van der Waals surface area contributed by atoms with Crippen LogP contribution in [0.2, 0.25) is 0 Å². The van der Waals surface area contributed by atoms with E-state index in [-0.39, 0.29) is 24.5 Å². The first-order chi connectivity index (χ1) is 16.2. The number of carbonyl (C=O) groups excluding carboxylic acids is 2. The molecule has 33 heavy (non-hydrogen) atoms. The number of rotatable bonds is 7. The Bertz CT molecular complexity index is 955. The maximum Gasteiger partial charge on any atom is 0.274 e. The third-order valence-electron chi connectivity index (χ3n) is 6.68. The molecule has 2 saturated heterocycles. The zero-order chi connectivity index (χ0) is 22.6. The Morgan fingerprint density at radius 2 is 2.06 bits per heavy atom. The standard InChI is InChI=1S/C24H31N5O4/c30-23-15-29(24(31)22-10-21(26-27-22)19-3-4-19)14-20(33-16-18-2-1-7-25-11-18)13-28(23)12-17-5-8-32-9-6-17/h1-2,7,10-11,17,19-20H,3-6,8-9,12-16H2,(H,26,27)/t20-/m1/s1. The van der Waals surface area contributed by atoms with Gasteiger partial charge >= 0.3 is 0 Å². The Hall–Kier alpha value is -2.78. The zero-order valence-electron chi connectivity index (χ0n) is 18.8. The lowest BCUT2D eigenvalue weighted by molar-refractivity contribution is -0.132. The quantitative estimate of drug-likeness (QED) is 0.688. The van der Waals surface area contributed by atoms with Crippen LogP contribution in [0, 0.1) is 5.92 Å². The molecular weight excluding hydrogens is 422 g/mol. The molecule has 2 aliphatic heterocycles. The average molecular weight is 454 g/mol. The molecule has 2 aromatic rings. The third-order valence-corrected chi connectivity index (χ3v) is 6.68. The van der Waals surface area contributed by atoms with E-state index in [0.29, 0.717) is 43.8 Å². The van der Waals surface area contributed by atoms with Crippen molar-refractivity contribution in [2.24, 2.45) is 5.92 Å². The molecule has 1 saturated carbocycles. The SMILES string of the molecule is O=C1CN(C(=O)c2cc(C3CC3)[nH]n2)C[C@H](OCc2cccnc2)CN1CC1CCOCC1. The van der Waals surface area contributed by atoms with Gasteiger partial charge in [0.15, 0.2) is 0 Å². The van der Waals surface area contributed by atoms with Crippen LogP contribution in [0.3, 0.4) is 0 Å². The summed E-state index contributed by atoms with van der Waals surface area (Å²) in [6.45, 7) is 3.38. The van der Waals surface area contributed by atoms with E-state index in [0.717, 1.165) is 50.2 Å². The molecule has 0 unspecified atom stereocenters. The number of pyridine rings is 1. The molecule has 0 bridgehead atoms. The van der Waals surface area contributed by atoms with Gasteiger partial charge in [-0.1, -0.05) is 6.07 Å². The Kier molecular flexibility index (Phi) is 6.68. The minimum absolute atomic E-state index is 0.0414. The van der Waals surface area contributed by atoms with Gasteiger partial charge in [0.25, 0.3) is 5.91 Å². The van der Waals surface area contributed by atoms with E-state index >= 15 is 0 Å². The van der Waals surface area contributed by atoms with E-state index in [4.69, 9.17) is 9.47 Å². The Balaban J connectivity index is 1.30.